The number of aliphatic hydroxyl groups is 1. The predicted molar refractivity (Wildman–Crippen MR) is 35.0 cm³/mol. The summed E-state index contributed by atoms with van der Waals surface area (Å²) in [6, 6.07) is 0. The van der Waals surface area contributed by atoms with E-state index in [1.54, 1.807) is 6.08 Å². The first kappa shape index (κ1) is 6.58. The molecule has 9 heavy (non-hydrogen) atoms. The van der Waals surface area contributed by atoms with Gasteiger partial charge in [0.15, 0.2) is 0 Å². The largest absolute Gasteiger partial charge is 0.340 e. The zero-order valence-electron chi connectivity index (χ0n) is 6.05. The SMILES string of the molecule is CC1=CC(O)[N+](C)(C)N1. The molecule has 0 saturated heterocycles. The average molecular weight is 129 g/mol. The third kappa shape index (κ3) is 1.06. The van der Waals surface area contributed by atoms with Crippen LogP contribution in [0.4, 0.5) is 0 Å². The van der Waals surface area contributed by atoms with Gasteiger partial charge in [0.2, 0.25) is 6.23 Å². The molecule has 0 fully saturated rings. The zero-order valence-corrected chi connectivity index (χ0v) is 6.05. The van der Waals surface area contributed by atoms with Crippen LogP contribution in [0, 0.1) is 0 Å². The minimum atomic E-state index is -0.398. The van der Waals surface area contributed by atoms with Gasteiger partial charge in [-0.2, -0.15) is 0 Å². The van der Waals surface area contributed by atoms with Crippen LogP contribution in [-0.4, -0.2) is 30.0 Å². The van der Waals surface area contributed by atoms with Crippen molar-refractivity contribution >= 4 is 0 Å². The molecule has 0 aromatic heterocycles. The monoisotopic (exact) mass is 129 g/mol. The average Bonchev–Trinajstić information content (AvgIpc) is 1.79. The smallest absolute Gasteiger partial charge is 0.234 e. The molecule has 1 rings (SSSR count). The fourth-order valence-electron chi connectivity index (χ4n) is 0.968. The summed E-state index contributed by atoms with van der Waals surface area (Å²) in [5, 5.41) is 9.26. The van der Waals surface area contributed by atoms with Crippen molar-refractivity contribution in [2.24, 2.45) is 0 Å². The molecule has 0 amide bonds. The van der Waals surface area contributed by atoms with E-state index in [4.69, 9.17) is 0 Å². The second-order valence-electron chi connectivity index (χ2n) is 2.92. The molecule has 1 atom stereocenters. The van der Waals surface area contributed by atoms with Gasteiger partial charge in [-0.15, -0.1) is 0 Å². The van der Waals surface area contributed by atoms with Gasteiger partial charge in [-0.1, -0.05) is 0 Å². The van der Waals surface area contributed by atoms with Crippen LogP contribution in [0.5, 0.6) is 0 Å². The second-order valence-corrected chi connectivity index (χ2v) is 2.92. The Morgan fingerprint density at radius 3 is 2.33 bits per heavy atom. The standard InChI is InChI=1S/C6H13N2O/c1-5-4-6(9)8(2,3)7-5/h4,6-7,9H,1-3H3/q+1. The molecule has 1 heterocycles. The van der Waals surface area contributed by atoms with Crippen molar-refractivity contribution in [2.75, 3.05) is 14.1 Å². The fraction of sp³-hybridized carbons (Fsp3) is 0.667. The lowest BCUT2D eigenvalue weighted by Crippen LogP contribution is -2.52. The zero-order chi connectivity index (χ0) is 7.07. The molecule has 0 aromatic carbocycles. The second kappa shape index (κ2) is 1.72. The molecule has 3 nitrogen and oxygen atoms in total. The van der Waals surface area contributed by atoms with Crippen molar-refractivity contribution in [3.8, 4) is 0 Å². The van der Waals surface area contributed by atoms with Gasteiger partial charge in [0.25, 0.3) is 0 Å². The van der Waals surface area contributed by atoms with E-state index in [2.05, 4.69) is 5.43 Å². The number of hydrogen-bond donors (Lipinski definition) is 2. The lowest BCUT2D eigenvalue weighted by atomic mass is 10.4. The first-order chi connectivity index (χ1) is 4.02. The molecule has 1 aliphatic heterocycles. The highest BCUT2D eigenvalue weighted by Gasteiger charge is 2.30. The molecule has 0 aliphatic carbocycles. The van der Waals surface area contributed by atoms with E-state index in [0.717, 1.165) is 5.70 Å². The van der Waals surface area contributed by atoms with E-state index < -0.39 is 6.23 Å². The molecule has 0 bridgehead atoms. The Labute approximate surface area is 55.2 Å². The lowest BCUT2D eigenvalue weighted by molar-refractivity contribution is -0.959. The maximum Gasteiger partial charge on any atom is 0.234 e. The van der Waals surface area contributed by atoms with Crippen LogP contribution in [0.15, 0.2) is 11.8 Å². The molecule has 52 valence electrons. The van der Waals surface area contributed by atoms with Crippen LogP contribution in [0.25, 0.3) is 0 Å². The Morgan fingerprint density at radius 1 is 1.67 bits per heavy atom. The Bertz CT molecular complexity index is 151. The molecule has 0 radical (unpaired) electrons. The molecule has 1 unspecified atom stereocenters. The number of aliphatic hydroxyl groups excluding tert-OH is 1. The van der Waals surface area contributed by atoms with Gasteiger partial charge in [0, 0.05) is 6.08 Å². The van der Waals surface area contributed by atoms with Crippen molar-refractivity contribution in [1.29, 1.82) is 0 Å². The first-order valence-corrected chi connectivity index (χ1v) is 3.01. The highest BCUT2D eigenvalue weighted by atomic mass is 16.3. The van der Waals surface area contributed by atoms with Crippen LogP contribution in [0.3, 0.4) is 0 Å². The number of allylic oxidation sites excluding steroid dienone is 1. The topological polar surface area (TPSA) is 32.3 Å². The van der Waals surface area contributed by atoms with Gasteiger partial charge in [-0.3, -0.25) is 0 Å². The minimum absolute atomic E-state index is 0.398. The van der Waals surface area contributed by atoms with E-state index in [1.807, 2.05) is 21.0 Å². The number of hydrogen-bond acceptors (Lipinski definition) is 2. The third-order valence-electron chi connectivity index (χ3n) is 1.52. The number of quaternary nitrogens is 1. The minimum Gasteiger partial charge on any atom is -0.340 e. The number of nitrogens with zero attached hydrogens (tertiary/aromatic N) is 1. The van der Waals surface area contributed by atoms with Crippen molar-refractivity contribution in [3.05, 3.63) is 11.8 Å². The van der Waals surface area contributed by atoms with Gasteiger partial charge in [-0.05, 0) is 6.92 Å². The number of rotatable bonds is 0. The van der Waals surface area contributed by atoms with Crippen LogP contribution in [0.1, 0.15) is 6.92 Å². The Balaban J connectivity index is 2.71. The van der Waals surface area contributed by atoms with Crippen molar-refractivity contribution in [1.82, 2.24) is 5.43 Å². The van der Waals surface area contributed by atoms with E-state index in [0.29, 0.717) is 4.59 Å². The summed E-state index contributed by atoms with van der Waals surface area (Å²) in [7, 11) is 3.83. The van der Waals surface area contributed by atoms with E-state index >= 15 is 0 Å². The van der Waals surface area contributed by atoms with Crippen LogP contribution in [0.2, 0.25) is 0 Å². The summed E-state index contributed by atoms with van der Waals surface area (Å²) in [4.78, 5) is 0. The molecular weight excluding hydrogens is 116 g/mol. The highest BCUT2D eigenvalue weighted by Crippen LogP contribution is 2.12. The number of likely N-dealkylation sites (N-methyl/N-ethyl adjacent to an activating group) is 1. The molecule has 1 aliphatic rings. The van der Waals surface area contributed by atoms with Crippen LogP contribution in [-0.2, 0) is 0 Å². The summed E-state index contributed by atoms with van der Waals surface area (Å²) in [6.07, 6.45) is 1.41. The summed E-state index contributed by atoms with van der Waals surface area (Å²) in [5.41, 5.74) is 4.13. The number of nitrogens with one attached hydrogen (secondary N) is 1. The molecule has 0 aromatic rings. The molecule has 0 spiro atoms. The predicted octanol–water partition coefficient (Wildman–Crippen LogP) is -0.197. The summed E-state index contributed by atoms with van der Waals surface area (Å²) in [6.45, 7) is 1.94. The van der Waals surface area contributed by atoms with Crippen molar-refractivity contribution in [3.63, 3.8) is 0 Å². The maximum absolute atomic E-state index is 9.26. The van der Waals surface area contributed by atoms with Crippen molar-refractivity contribution in [2.45, 2.75) is 13.2 Å². The first-order valence-electron chi connectivity index (χ1n) is 3.01. The van der Waals surface area contributed by atoms with Gasteiger partial charge < -0.3 is 5.11 Å². The molecule has 2 N–H and O–H groups in total. The van der Waals surface area contributed by atoms with Gasteiger partial charge in [-0.25, -0.2) is 10.0 Å². The third-order valence-corrected chi connectivity index (χ3v) is 1.52. The van der Waals surface area contributed by atoms with Gasteiger partial charge in [0.1, 0.15) is 0 Å². The summed E-state index contributed by atoms with van der Waals surface area (Å²) < 4.78 is 0.436. The van der Waals surface area contributed by atoms with Crippen LogP contribution >= 0.6 is 0 Å². The normalized spacial score (nSPS) is 31.6. The van der Waals surface area contributed by atoms with E-state index in [1.165, 1.54) is 0 Å². The molecule has 0 saturated carbocycles. The summed E-state index contributed by atoms with van der Waals surface area (Å²) in [5.74, 6) is 0. The lowest BCUT2D eigenvalue weighted by Gasteiger charge is -2.26. The van der Waals surface area contributed by atoms with Gasteiger partial charge in [0.05, 0.1) is 19.8 Å². The van der Waals surface area contributed by atoms with Gasteiger partial charge >= 0.3 is 0 Å². The maximum atomic E-state index is 9.26. The quantitative estimate of drug-likeness (QED) is 0.444. The Hall–Kier alpha value is -0.540. The molecular formula is C6H13N2O+. The van der Waals surface area contributed by atoms with E-state index in [-0.39, 0.29) is 0 Å². The van der Waals surface area contributed by atoms with Crippen molar-refractivity contribution < 1.29 is 9.70 Å². The van der Waals surface area contributed by atoms with Crippen LogP contribution < -0.4 is 5.43 Å². The van der Waals surface area contributed by atoms with E-state index in [9.17, 15) is 5.11 Å². The fourth-order valence-corrected chi connectivity index (χ4v) is 0.968. The highest BCUT2D eigenvalue weighted by molar-refractivity contribution is 4.98. The Morgan fingerprint density at radius 2 is 2.22 bits per heavy atom. The molecule has 3 heteroatoms. The Kier molecular flexibility index (Phi) is 1.26. The summed E-state index contributed by atoms with van der Waals surface area (Å²) >= 11 is 0.